The van der Waals surface area contributed by atoms with E-state index in [4.69, 9.17) is 4.74 Å². The van der Waals surface area contributed by atoms with Crippen LogP contribution in [0.15, 0.2) is 0 Å². The number of rotatable bonds is 7. The standard InChI is InChI=1S/C16H29NO2/c1-12(13-5-6-13)17(9-10-19-4)11-14-7-8-16(2,3)15(14)18/h12-14H,5-11H2,1-4H3. The van der Waals surface area contributed by atoms with E-state index in [9.17, 15) is 4.79 Å². The normalized spacial score (nSPS) is 28.1. The van der Waals surface area contributed by atoms with Crippen LogP contribution < -0.4 is 0 Å². The van der Waals surface area contributed by atoms with E-state index in [0.717, 1.165) is 38.5 Å². The van der Waals surface area contributed by atoms with Crippen LogP contribution in [0, 0.1) is 17.3 Å². The molecule has 0 amide bonds. The molecule has 110 valence electrons. The zero-order chi connectivity index (χ0) is 14.0. The van der Waals surface area contributed by atoms with Crippen LogP contribution in [0.3, 0.4) is 0 Å². The molecule has 0 heterocycles. The molecule has 2 unspecified atom stereocenters. The zero-order valence-corrected chi connectivity index (χ0v) is 12.9. The van der Waals surface area contributed by atoms with Crippen molar-refractivity contribution in [2.45, 2.75) is 52.5 Å². The largest absolute Gasteiger partial charge is 0.383 e. The molecular formula is C16H29NO2. The summed E-state index contributed by atoms with van der Waals surface area (Å²) >= 11 is 0. The molecule has 0 saturated heterocycles. The Morgan fingerprint density at radius 3 is 2.53 bits per heavy atom. The van der Waals surface area contributed by atoms with E-state index in [-0.39, 0.29) is 11.3 Å². The van der Waals surface area contributed by atoms with E-state index in [1.165, 1.54) is 12.8 Å². The summed E-state index contributed by atoms with van der Waals surface area (Å²) < 4.78 is 5.23. The second-order valence-corrected chi connectivity index (χ2v) is 7.05. The number of methoxy groups -OCH3 is 1. The monoisotopic (exact) mass is 267 g/mol. The molecule has 3 nitrogen and oxygen atoms in total. The van der Waals surface area contributed by atoms with Gasteiger partial charge < -0.3 is 4.74 Å². The summed E-state index contributed by atoms with van der Waals surface area (Å²) in [5.41, 5.74) is -0.0968. The molecule has 2 fully saturated rings. The van der Waals surface area contributed by atoms with E-state index in [0.29, 0.717) is 11.8 Å². The van der Waals surface area contributed by atoms with Crippen LogP contribution in [0.4, 0.5) is 0 Å². The molecule has 2 atom stereocenters. The maximum Gasteiger partial charge on any atom is 0.142 e. The van der Waals surface area contributed by atoms with Crippen molar-refractivity contribution in [1.29, 1.82) is 0 Å². The maximum atomic E-state index is 12.4. The van der Waals surface area contributed by atoms with Crippen LogP contribution in [0.5, 0.6) is 0 Å². The molecule has 2 aliphatic carbocycles. The van der Waals surface area contributed by atoms with Gasteiger partial charge in [-0.15, -0.1) is 0 Å². The Morgan fingerprint density at radius 1 is 1.37 bits per heavy atom. The number of ketones is 1. The van der Waals surface area contributed by atoms with Gasteiger partial charge in [-0.2, -0.15) is 0 Å². The predicted molar refractivity (Wildman–Crippen MR) is 77.1 cm³/mol. The van der Waals surface area contributed by atoms with Gasteiger partial charge in [0.15, 0.2) is 0 Å². The van der Waals surface area contributed by atoms with Crippen molar-refractivity contribution in [3.63, 3.8) is 0 Å². The first-order chi connectivity index (χ1) is 8.95. The summed E-state index contributed by atoms with van der Waals surface area (Å²) in [6, 6.07) is 0.603. The summed E-state index contributed by atoms with van der Waals surface area (Å²) in [7, 11) is 1.75. The smallest absolute Gasteiger partial charge is 0.142 e. The summed E-state index contributed by atoms with van der Waals surface area (Å²) in [6.07, 6.45) is 4.82. The number of carbonyl (C=O) groups is 1. The average Bonchev–Trinajstić information content (AvgIpc) is 3.17. The van der Waals surface area contributed by atoms with Gasteiger partial charge in [0.1, 0.15) is 5.78 Å². The zero-order valence-electron chi connectivity index (χ0n) is 12.9. The molecule has 0 aromatic heterocycles. The van der Waals surface area contributed by atoms with Crippen LogP contribution in [0.25, 0.3) is 0 Å². The fraction of sp³-hybridized carbons (Fsp3) is 0.938. The lowest BCUT2D eigenvalue weighted by molar-refractivity contribution is -0.128. The first kappa shape index (κ1) is 15.0. The molecule has 19 heavy (non-hydrogen) atoms. The summed E-state index contributed by atoms with van der Waals surface area (Å²) in [4.78, 5) is 14.9. The SMILES string of the molecule is COCCN(CC1CCC(C)(C)C1=O)C(C)C1CC1. The molecule has 0 N–H and O–H groups in total. The van der Waals surface area contributed by atoms with Crippen LogP contribution in [0.1, 0.15) is 46.5 Å². The third kappa shape index (κ3) is 3.57. The van der Waals surface area contributed by atoms with Gasteiger partial charge in [0.2, 0.25) is 0 Å². The van der Waals surface area contributed by atoms with Crippen molar-refractivity contribution in [3.8, 4) is 0 Å². The molecule has 2 saturated carbocycles. The summed E-state index contributed by atoms with van der Waals surface area (Å²) in [6.45, 7) is 9.17. The topological polar surface area (TPSA) is 29.5 Å². The molecule has 2 rings (SSSR count). The lowest BCUT2D eigenvalue weighted by atomic mass is 9.89. The molecule has 0 aromatic carbocycles. The highest BCUT2D eigenvalue weighted by molar-refractivity contribution is 5.88. The molecule has 2 aliphatic rings. The molecule has 0 aromatic rings. The van der Waals surface area contributed by atoms with E-state index in [2.05, 4.69) is 25.7 Å². The molecule has 0 aliphatic heterocycles. The minimum absolute atomic E-state index is 0.0968. The van der Waals surface area contributed by atoms with E-state index >= 15 is 0 Å². The van der Waals surface area contributed by atoms with E-state index in [1.54, 1.807) is 7.11 Å². The number of ether oxygens (including phenoxy) is 1. The number of hydrogen-bond acceptors (Lipinski definition) is 3. The summed E-state index contributed by atoms with van der Waals surface area (Å²) in [5, 5.41) is 0. The highest BCUT2D eigenvalue weighted by Gasteiger charge is 2.42. The lowest BCUT2D eigenvalue weighted by Crippen LogP contribution is -2.42. The van der Waals surface area contributed by atoms with E-state index in [1.807, 2.05) is 0 Å². The van der Waals surface area contributed by atoms with Crippen LogP contribution in [-0.4, -0.2) is 43.5 Å². The highest BCUT2D eigenvalue weighted by Crippen LogP contribution is 2.40. The molecule has 0 spiro atoms. The van der Waals surface area contributed by atoms with Gasteiger partial charge in [0, 0.05) is 37.6 Å². The Hall–Kier alpha value is -0.410. The third-order valence-corrected chi connectivity index (χ3v) is 5.07. The number of Topliss-reactive ketones (excluding diaryl/α,β-unsaturated/α-hetero) is 1. The lowest BCUT2D eigenvalue weighted by Gasteiger charge is -2.31. The average molecular weight is 267 g/mol. The number of nitrogens with zero attached hydrogens (tertiary/aromatic N) is 1. The van der Waals surface area contributed by atoms with Crippen LogP contribution in [-0.2, 0) is 9.53 Å². The van der Waals surface area contributed by atoms with Gasteiger partial charge in [0.25, 0.3) is 0 Å². The van der Waals surface area contributed by atoms with E-state index < -0.39 is 0 Å². The Balaban J connectivity index is 1.93. The number of carbonyl (C=O) groups excluding carboxylic acids is 1. The van der Waals surface area contributed by atoms with Crippen molar-refractivity contribution >= 4 is 5.78 Å². The Kier molecular flexibility index (Phi) is 4.67. The first-order valence-electron chi connectivity index (χ1n) is 7.73. The van der Waals surface area contributed by atoms with Gasteiger partial charge in [0.05, 0.1) is 6.61 Å². The second kappa shape index (κ2) is 5.92. The first-order valence-corrected chi connectivity index (χ1v) is 7.73. The predicted octanol–water partition coefficient (Wildman–Crippen LogP) is 2.74. The second-order valence-electron chi connectivity index (χ2n) is 7.05. The minimum Gasteiger partial charge on any atom is -0.383 e. The molecule has 0 bridgehead atoms. The van der Waals surface area contributed by atoms with Crippen molar-refractivity contribution in [1.82, 2.24) is 4.90 Å². The van der Waals surface area contributed by atoms with Gasteiger partial charge in [-0.1, -0.05) is 13.8 Å². The molecule has 0 radical (unpaired) electrons. The highest BCUT2D eigenvalue weighted by atomic mass is 16.5. The fourth-order valence-corrected chi connectivity index (χ4v) is 3.35. The van der Waals surface area contributed by atoms with Gasteiger partial charge >= 0.3 is 0 Å². The van der Waals surface area contributed by atoms with Crippen molar-refractivity contribution < 1.29 is 9.53 Å². The third-order valence-electron chi connectivity index (χ3n) is 5.07. The maximum absolute atomic E-state index is 12.4. The molecular weight excluding hydrogens is 238 g/mol. The fourth-order valence-electron chi connectivity index (χ4n) is 3.35. The van der Waals surface area contributed by atoms with Gasteiger partial charge in [-0.05, 0) is 38.5 Å². The number of hydrogen-bond donors (Lipinski definition) is 0. The van der Waals surface area contributed by atoms with Crippen molar-refractivity contribution in [2.75, 3.05) is 26.8 Å². The molecule has 3 heteroatoms. The van der Waals surface area contributed by atoms with Crippen LogP contribution in [0.2, 0.25) is 0 Å². The van der Waals surface area contributed by atoms with Crippen molar-refractivity contribution in [2.24, 2.45) is 17.3 Å². The summed E-state index contributed by atoms with van der Waals surface area (Å²) in [5.74, 6) is 1.56. The quantitative estimate of drug-likeness (QED) is 0.710. The Bertz CT molecular complexity index is 323. The Morgan fingerprint density at radius 2 is 2.05 bits per heavy atom. The van der Waals surface area contributed by atoms with Gasteiger partial charge in [-0.25, -0.2) is 0 Å². The van der Waals surface area contributed by atoms with Gasteiger partial charge in [-0.3, -0.25) is 9.69 Å². The van der Waals surface area contributed by atoms with Crippen molar-refractivity contribution in [3.05, 3.63) is 0 Å². The minimum atomic E-state index is -0.0968. The van der Waals surface area contributed by atoms with Crippen LogP contribution >= 0.6 is 0 Å². The Labute approximate surface area is 117 Å².